The number of nitrogens with zero attached hydrogens (tertiary/aromatic N) is 4. The van der Waals surface area contributed by atoms with Gasteiger partial charge in [-0.15, -0.1) is 0 Å². The van der Waals surface area contributed by atoms with Crippen LogP contribution in [0.5, 0.6) is 0 Å². The number of carbonyl (C=O) groups excluding carboxylic acids is 1. The second-order valence-electron chi connectivity index (χ2n) is 7.17. The van der Waals surface area contributed by atoms with Gasteiger partial charge < -0.3 is 14.5 Å². The van der Waals surface area contributed by atoms with Crippen molar-refractivity contribution in [2.45, 2.75) is 31.3 Å². The third-order valence-electron chi connectivity index (χ3n) is 5.28. The summed E-state index contributed by atoms with van der Waals surface area (Å²) in [4.78, 5) is 22.7. The monoisotopic (exact) mass is 412 g/mol. The van der Waals surface area contributed by atoms with Gasteiger partial charge in [0.2, 0.25) is 17.6 Å². The molecule has 2 aromatic heterocycles. The molecular formula is C21H21ClN4O3. The zero-order chi connectivity index (χ0) is 20.3. The lowest BCUT2D eigenvalue weighted by atomic mass is 9.84. The van der Waals surface area contributed by atoms with Gasteiger partial charge in [-0.3, -0.25) is 9.78 Å². The number of hydrogen-bond acceptors (Lipinski definition) is 6. The SMILES string of the molecule is O=C(CCc1nc(-c2ccncc2)no1)N1CCC(O)(c2ccc(Cl)cc2)CC1. The number of benzene rings is 1. The standard InChI is InChI=1S/C21H21ClN4O3/c22-17-3-1-16(2-4-17)21(28)9-13-26(14-10-21)19(27)6-5-18-24-20(25-29-18)15-7-11-23-12-8-15/h1-4,7-8,11-12,28H,5-6,9-10,13-14H2. The second-order valence-corrected chi connectivity index (χ2v) is 7.60. The van der Waals surface area contributed by atoms with Crippen LogP contribution in [0.25, 0.3) is 11.4 Å². The molecule has 0 unspecified atom stereocenters. The largest absolute Gasteiger partial charge is 0.385 e. The van der Waals surface area contributed by atoms with Crippen LogP contribution in [0.3, 0.4) is 0 Å². The Morgan fingerprint density at radius 3 is 2.52 bits per heavy atom. The van der Waals surface area contributed by atoms with E-state index >= 15 is 0 Å². The Kier molecular flexibility index (Phi) is 5.60. The van der Waals surface area contributed by atoms with Gasteiger partial charge in [-0.25, -0.2) is 0 Å². The summed E-state index contributed by atoms with van der Waals surface area (Å²) in [7, 11) is 0. The summed E-state index contributed by atoms with van der Waals surface area (Å²) < 4.78 is 5.25. The van der Waals surface area contributed by atoms with Gasteiger partial charge in [0.25, 0.3) is 0 Å². The van der Waals surface area contributed by atoms with Crippen molar-refractivity contribution in [3.05, 3.63) is 65.3 Å². The number of aliphatic hydroxyl groups is 1. The molecule has 0 spiro atoms. The minimum absolute atomic E-state index is 0.0202. The first-order valence-corrected chi connectivity index (χ1v) is 9.90. The summed E-state index contributed by atoms with van der Waals surface area (Å²) in [6, 6.07) is 10.8. The van der Waals surface area contributed by atoms with Crippen LogP contribution in [0.1, 0.15) is 30.7 Å². The van der Waals surface area contributed by atoms with E-state index in [9.17, 15) is 9.90 Å². The van der Waals surface area contributed by atoms with Crippen LogP contribution in [0.4, 0.5) is 0 Å². The van der Waals surface area contributed by atoms with Crippen molar-refractivity contribution in [1.29, 1.82) is 0 Å². The lowest BCUT2D eigenvalue weighted by Crippen LogP contribution is -2.45. The van der Waals surface area contributed by atoms with Crippen molar-refractivity contribution in [3.8, 4) is 11.4 Å². The van der Waals surface area contributed by atoms with Gasteiger partial charge in [-0.1, -0.05) is 28.9 Å². The molecule has 150 valence electrons. The number of piperidine rings is 1. The van der Waals surface area contributed by atoms with E-state index in [0.29, 0.717) is 49.1 Å². The highest BCUT2D eigenvalue weighted by molar-refractivity contribution is 6.30. The van der Waals surface area contributed by atoms with E-state index in [1.54, 1.807) is 41.6 Å². The van der Waals surface area contributed by atoms with Gasteiger partial charge in [0.1, 0.15) is 0 Å². The van der Waals surface area contributed by atoms with Gasteiger partial charge in [0.05, 0.1) is 5.60 Å². The highest BCUT2D eigenvalue weighted by Gasteiger charge is 2.35. The van der Waals surface area contributed by atoms with E-state index in [0.717, 1.165) is 11.1 Å². The Morgan fingerprint density at radius 2 is 1.83 bits per heavy atom. The quantitative estimate of drug-likeness (QED) is 0.691. The van der Waals surface area contributed by atoms with Crippen LogP contribution in [0.15, 0.2) is 53.3 Å². The molecule has 3 heterocycles. The molecule has 1 aromatic carbocycles. The number of aryl methyl sites for hydroxylation is 1. The maximum atomic E-state index is 12.6. The summed E-state index contributed by atoms with van der Waals surface area (Å²) in [6.07, 6.45) is 4.99. The fourth-order valence-corrected chi connectivity index (χ4v) is 3.65. The lowest BCUT2D eigenvalue weighted by Gasteiger charge is -2.38. The maximum absolute atomic E-state index is 12.6. The van der Waals surface area contributed by atoms with Crippen LogP contribution >= 0.6 is 11.6 Å². The second kappa shape index (κ2) is 8.31. The van der Waals surface area contributed by atoms with Crippen molar-refractivity contribution in [3.63, 3.8) is 0 Å². The Bertz CT molecular complexity index is 967. The maximum Gasteiger partial charge on any atom is 0.227 e. The first kappa shape index (κ1) is 19.5. The molecule has 1 aliphatic rings. The minimum atomic E-state index is -0.923. The highest BCUT2D eigenvalue weighted by atomic mass is 35.5. The van der Waals surface area contributed by atoms with Gasteiger partial charge in [-0.05, 0) is 42.7 Å². The first-order valence-electron chi connectivity index (χ1n) is 9.53. The predicted octanol–water partition coefficient (Wildman–Crippen LogP) is 3.23. The Morgan fingerprint density at radius 1 is 1.14 bits per heavy atom. The van der Waals surface area contributed by atoms with E-state index in [-0.39, 0.29) is 12.3 Å². The zero-order valence-corrected chi connectivity index (χ0v) is 16.5. The summed E-state index contributed by atoms with van der Waals surface area (Å²) >= 11 is 5.93. The molecule has 7 nitrogen and oxygen atoms in total. The third kappa shape index (κ3) is 4.46. The van der Waals surface area contributed by atoms with Crippen molar-refractivity contribution in [2.75, 3.05) is 13.1 Å². The van der Waals surface area contributed by atoms with Crippen molar-refractivity contribution < 1.29 is 14.4 Å². The molecule has 1 aliphatic heterocycles. The van der Waals surface area contributed by atoms with E-state index in [1.807, 2.05) is 12.1 Å². The Labute approximate surface area is 173 Å². The molecule has 1 saturated heterocycles. The van der Waals surface area contributed by atoms with Crippen LogP contribution in [-0.4, -0.2) is 44.1 Å². The third-order valence-corrected chi connectivity index (χ3v) is 5.54. The normalized spacial score (nSPS) is 16.0. The van der Waals surface area contributed by atoms with Crippen LogP contribution in [0, 0.1) is 0 Å². The van der Waals surface area contributed by atoms with Crippen LogP contribution in [0.2, 0.25) is 5.02 Å². The van der Waals surface area contributed by atoms with Gasteiger partial charge in [-0.2, -0.15) is 4.98 Å². The molecule has 0 aliphatic carbocycles. The molecule has 0 bridgehead atoms. The minimum Gasteiger partial charge on any atom is -0.385 e. The van der Waals surface area contributed by atoms with Gasteiger partial charge in [0.15, 0.2) is 0 Å². The lowest BCUT2D eigenvalue weighted by molar-refractivity contribution is -0.135. The van der Waals surface area contributed by atoms with Gasteiger partial charge >= 0.3 is 0 Å². The number of likely N-dealkylation sites (tertiary alicyclic amines) is 1. The topological polar surface area (TPSA) is 92.3 Å². The highest BCUT2D eigenvalue weighted by Crippen LogP contribution is 2.33. The smallest absolute Gasteiger partial charge is 0.227 e. The van der Waals surface area contributed by atoms with E-state index in [1.165, 1.54) is 0 Å². The van der Waals surface area contributed by atoms with Crippen molar-refractivity contribution >= 4 is 17.5 Å². The number of aromatic nitrogens is 3. The number of hydrogen-bond donors (Lipinski definition) is 1. The Hall–Kier alpha value is -2.77. The fourth-order valence-electron chi connectivity index (χ4n) is 3.52. The molecule has 0 saturated carbocycles. The number of pyridine rings is 1. The molecule has 4 rings (SSSR count). The van der Waals surface area contributed by atoms with Crippen LogP contribution in [-0.2, 0) is 16.8 Å². The Balaban J connectivity index is 1.30. The molecule has 1 fully saturated rings. The molecule has 1 N–H and O–H groups in total. The molecule has 1 amide bonds. The molecule has 29 heavy (non-hydrogen) atoms. The molecule has 0 radical (unpaired) electrons. The number of carbonyl (C=O) groups is 1. The molecular weight excluding hydrogens is 392 g/mol. The molecule has 3 aromatic rings. The number of rotatable bonds is 5. The number of amides is 1. The summed E-state index contributed by atoms with van der Waals surface area (Å²) in [6.45, 7) is 1.01. The predicted molar refractivity (Wildman–Crippen MR) is 107 cm³/mol. The summed E-state index contributed by atoms with van der Waals surface area (Å²) in [5.74, 6) is 0.938. The first-order chi connectivity index (χ1) is 14.0. The van der Waals surface area contributed by atoms with Gasteiger partial charge in [0, 0.05) is 48.9 Å². The van der Waals surface area contributed by atoms with E-state index < -0.39 is 5.60 Å². The van der Waals surface area contributed by atoms with Crippen LogP contribution < -0.4 is 0 Å². The average molecular weight is 413 g/mol. The van der Waals surface area contributed by atoms with Crippen molar-refractivity contribution in [1.82, 2.24) is 20.0 Å². The molecule has 0 atom stereocenters. The number of halogens is 1. The fraction of sp³-hybridized carbons (Fsp3) is 0.333. The molecule has 8 heteroatoms. The van der Waals surface area contributed by atoms with Crippen molar-refractivity contribution in [2.24, 2.45) is 0 Å². The summed E-state index contributed by atoms with van der Waals surface area (Å²) in [5, 5.41) is 15.5. The van der Waals surface area contributed by atoms with E-state index in [2.05, 4.69) is 15.1 Å². The van der Waals surface area contributed by atoms with E-state index in [4.69, 9.17) is 16.1 Å². The zero-order valence-electron chi connectivity index (χ0n) is 15.8. The average Bonchev–Trinajstić information content (AvgIpc) is 3.23. The summed E-state index contributed by atoms with van der Waals surface area (Å²) in [5.41, 5.74) is 0.732.